The van der Waals surface area contributed by atoms with Gasteiger partial charge in [0, 0.05) is 52.3 Å². The third-order valence-corrected chi connectivity index (χ3v) is 6.34. The standard InChI is InChI=1S/C10H14N2.C8H6F3I2N.Pt/c1-8-6-11(9-2-3-9)7-12(8)10-4-5-10;9-8(10,11)7-3-1-6(2-4-7)5-14(12)13;/h6,9-10H,2-5H2,1H3;1-4H,5H2;. The van der Waals surface area contributed by atoms with Crippen LogP contribution in [-0.4, -0.2) is 10.5 Å². The van der Waals surface area contributed by atoms with Crippen molar-refractivity contribution in [2.45, 2.75) is 57.4 Å². The predicted octanol–water partition coefficient (Wildman–Crippen LogP) is 6.55. The van der Waals surface area contributed by atoms with Crippen LogP contribution in [0, 0.1) is 10.7 Å². The van der Waals surface area contributed by atoms with Crippen molar-refractivity contribution in [3.8, 4) is 0 Å². The van der Waals surface area contributed by atoms with E-state index in [1.165, 1.54) is 47.3 Å². The zero-order valence-corrected chi connectivity index (χ0v) is 21.2. The SMILES string of the molecule is Cc1cn(C2CC2)[c](=[Pt])n1C1CC1.FC(F)(F)c1ccc(CN(I)I)cc1. The predicted molar refractivity (Wildman–Crippen MR) is 112 cm³/mol. The van der Waals surface area contributed by atoms with Crippen LogP contribution in [0.2, 0.25) is 0 Å². The van der Waals surface area contributed by atoms with Gasteiger partial charge in [-0.1, -0.05) is 12.1 Å². The summed E-state index contributed by atoms with van der Waals surface area (Å²) in [6.45, 7) is 2.86. The minimum atomic E-state index is -4.24. The number of rotatable bonds is 4. The molecule has 0 spiro atoms. The Morgan fingerprint density at radius 1 is 1.07 bits per heavy atom. The Bertz CT molecular complexity index is 835. The van der Waals surface area contributed by atoms with Gasteiger partial charge in [-0.3, -0.25) is 0 Å². The van der Waals surface area contributed by atoms with Gasteiger partial charge in [0.2, 0.25) is 0 Å². The maximum absolute atomic E-state index is 12.2. The molecule has 2 saturated carbocycles. The normalized spacial score (nSPS) is 17.1. The molecule has 152 valence electrons. The minimum absolute atomic E-state index is 0.602. The number of imidazole rings is 1. The van der Waals surface area contributed by atoms with Crippen molar-refractivity contribution in [2.24, 2.45) is 0 Å². The van der Waals surface area contributed by atoms with Gasteiger partial charge >= 0.3 is 95.0 Å². The van der Waals surface area contributed by atoms with Gasteiger partial charge in [0.05, 0.1) is 5.56 Å². The number of halogens is 5. The second-order valence-electron chi connectivity index (χ2n) is 6.91. The molecule has 2 aliphatic carbocycles. The Hall–Kier alpha value is 0.328. The summed E-state index contributed by atoms with van der Waals surface area (Å²) in [6, 6.07) is 6.84. The molecule has 1 aromatic carbocycles. The van der Waals surface area contributed by atoms with Crippen LogP contribution in [-0.2, 0) is 32.1 Å². The van der Waals surface area contributed by atoms with E-state index in [4.69, 9.17) is 0 Å². The summed E-state index contributed by atoms with van der Waals surface area (Å²) in [5.41, 5.74) is 1.70. The van der Waals surface area contributed by atoms with Crippen LogP contribution in [0.5, 0.6) is 0 Å². The van der Waals surface area contributed by atoms with Crippen molar-refractivity contribution in [3.63, 3.8) is 0 Å². The molecule has 2 aromatic rings. The van der Waals surface area contributed by atoms with E-state index >= 15 is 0 Å². The minimum Gasteiger partial charge on any atom is -0.184 e. The van der Waals surface area contributed by atoms with Crippen LogP contribution in [0.3, 0.4) is 0 Å². The third-order valence-electron chi connectivity index (χ3n) is 4.52. The molecule has 1 heterocycles. The fourth-order valence-electron chi connectivity index (χ4n) is 2.87. The molecule has 1 aromatic heterocycles. The molecule has 4 rings (SSSR count). The first-order valence-corrected chi connectivity index (χ1v) is 11.7. The van der Waals surface area contributed by atoms with Gasteiger partial charge in [-0.2, -0.15) is 14.5 Å². The molecule has 0 unspecified atom stereocenters. The Kier molecular flexibility index (Phi) is 7.34. The smallest absolute Gasteiger partial charge is 0.184 e. The number of alkyl halides is 3. The van der Waals surface area contributed by atoms with E-state index in [-0.39, 0.29) is 0 Å². The zero-order chi connectivity index (χ0) is 19.8. The van der Waals surface area contributed by atoms with E-state index in [0.29, 0.717) is 6.54 Å². The molecule has 9 heteroatoms. The van der Waals surface area contributed by atoms with Crippen LogP contribution in [0.25, 0.3) is 0 Å². The fourth-order valence-corrected chi connectivity index (χ4v) is 5.03. The maximum Gasteiger partial charge on any atom is 0.416 e. The van der Waals surface area contributed by atoms with Crippen LogP contribution in [0.4, 0.5) is 13.2 Å². The number of hydrogen-bond acceptors (Lipinski definition) is 1. The van der Waals surface area contributed by atoms with Crippen LogP contribution < -0.4 is 0 Å². The van der Waals surface area contributed by atoms with Crippen molar-refractivity contribution in [3.05, 3.63) is 51.1 Å². The third kappa shape index (κ3) is 6.15. The van der Waals surface area contributed by atoms with E-state index < -0.39 is 11.7 Å². The van der Waals surface area contributed by atoms with Gasteiger partial charge < -0.3 is 0 Å². The van der Waals surface area contributed by atoms with Crippen molar-refractivity contribution in [1.29, 1.82) is 0 Å². The van der Waals surface area contributed by atoms with Crippen molar-refractivity contribution in [2.75, 3.05) is 0 Å². The summed E-state index contributed by atoms with van der Waals surface area (Å²) in [4.78, 5) is 0. The number of aryl methyl sites for hydroxylation is 1. The monoisotopic (exact) mass is 784 g/mol. The second kappa shape index (κ2) is 9.00. The van der Waals surface area contributed by atoms with E-state index in [1.807, 2.05) is 1.33 Å². The molecule has 0 aliphatic heterocycles. The Balaban J connectivity index is 0.000000156. The first-order chi connectivity index (χ1) is 12.7. The van der Waals surface area contributed by atoms with Crippen LogP contribution >= 0.6 is 45.7 Å². The van der Waals surface area contributed by atoms with Gasteiger partial charge in [0.25, 0.3) is 0 Å². The summed E-state index contributed by atoms with van der Waals surface area (Å²) in [5.74, 6) is 0. The number of nitrogens with zero attached hydrogens (tertiary/aromatic N) is 3. The molecule has 2 fully saturated rings. The van der Waals surface area contributed by atoms with Gasteiger partial charge in [-0.25, -0.2) is 0 Å². The molecular formula is C18H20F3I2N3Pt. The first-order valence-electron chi connectivity index (χ1n) is 8.67. The van der Waals surface area contributed by atoms with Crippen LogP contribution in [0.15, 0.2) is 30.5 Å². The van der Waals surface area contributed by atoms with Gasteiger partial charge in [-0.15, -0.1) is 0 Å². The topological polar surface area (TPSA) is 13.1 Å². The molecule has 0 bridgehead atoms. The molecule has 0 radical (unpaired) electrons. The van der Waals surface area contributed by atoms with Crippen molar-refractivity contribution in [1.82, 2.24) is 10.5 Å². The van der Waals surface area contributed by atoms with E-state index in [9.17, 15) is 13.2 Å². The zero-order valence-electron chi connectivity index (χ0n) is 14.6. The van der Waals surface area contributed by atoms with E-state index in [0.717, 1.165) is 29.8 Å². The quantitative estimate of drug-likeness (QED) is 0.254. The van der Waals surface area contributed by atoms with E-state index in [2.05, 4.69) is 87.3 Å². The van der Waals surface area contributed by atoms with Gasteiger partial charge in [0.15, 0.2) is 0 Å². The van der Waals surface area contributed by atoms with Gasteiger partial charge in [-0.05, 0) is 17.7 Å². The fraction of sp³-hybridized carbons (Fsp3) is 0.500. The van der Waals surface area contributed by atoms with Crippen LogP contribution in [0.1, 0.15) is 54.6 Å². The molecule has 0 amide bonds. The molecule has 27 heavy (non-hydrogen) atoms. The average molecular weight is 784 g/mol. The Morgan fingerprint density at radius 3 is 2.07 bits per heavy atom. The van der Waals surface area contributed by atoms with Crippen molar-refractivity contribution < 1.29 is 32.5 Å². The summed E-state index contributed by atoms with van der Waals surface area (Å²) in [5, 5.41) is 0. The largest absolute Gasteiger partial charge is 0.416 e. The summed E-state index contributed by atoms with van der Waals surface area (Å²) >= 11 is 6.62. The Labute approximate surface area is 195 Å². The molecule has 3 nitrogen and oxygen atoms in total. The number of hydrogen-bond donors (Lipinski definition) is 0. The summed E-state index contributed by atoms with van der Waals surface area (Å²) < 4.78 is 44.8. The second-order valence-corrected chi connectivity index (χ2v) is 12.1. The average Bonchev–Trinajstić information content (AvgIpc) is 3.47. The number of benzene rings is 1. The number of aromatic nitrogens is 2. The van der Waals surface area contributed by atoms with Crippen molar-refractivity contribution >= 4 is 45.7 Å². The Morgan fingerprint density at radius 2 is 1.63 bits per heavy atom. The van der Waals surface area contributed by atoms with E-state index in [1.54, 1.807) is 0 Å². The van der Waals surface area contributed by atoms with Gasteiger partial charge in [0.1, 0.15) is 0 Å². The molecule has 2 aliphatic rings. The first kappa shape index (κ1) is 22.0. The molecule has 0 N–H and O–H groups in total. The molecule has 0 atom stereocenters. The maximum atomic E-state index is 12.2. The molecular weight excluding hydrogens is 764 g/mol. The molecule has 0 saturated heterocycles. The summed E-state index contributed by atoms with van der Waals surface area (Å²) in [6.07, 6.45) is 3.63. The summed E-state index contributed by atoms with van der Waals surface area (Å²) in [7, 11) is 0.